The van der Waals surface area contributed by atoms with Gasteiger partial charge in [-0.15, -0.1) is 0 Å². The Morgan fingerprint density at radius 1 is 0.952 bits per heavy atom. The van der Waals surface area contributed by atoms with Crippen LogP contribution in [0.1, 0.15) is 0 Å². The van der Waals surface area contributed by atoms with Crippen molar-refractivity contribution in [2.75, 3.05) is 0 Å². The van der Waals surface area contributed by atoms with Crippen LogP contribution in [0.4, 0.5) is 0 Å². The van der Waals surface area contributed by atoms with Crippen LogP contribution >= 0.6 is 0 Å². The maximum Gasteiger partial charge on any atom is 0.269 e. The molecule has 106 valence electrons. The molecule has 0 amide bonds. The van der Waals surface area contributed by atoms with E-state index in [1.807, 2.05) is 0 Å². The van der Waals surface area contributed by atoms with Crippen LogP contribution in [-0.2, 0) is 10.0 Å². The second kappa shape index (κ2) is 5.06. The molecule has 1 aromatic heterocycles. The SMILES string of the molecule is O=S(=O)(c1ccccc1)n1ccnc1-c1ccc(O)cc1. The molecule has 1 heterocycles. The largest absolute Gasteiger partial charge is 0.508 e. The predicted octanol–water partition coefficient (Wildman–Crippen LogP) is 2.49. The van der Waals surface area contributed by atoms with Crippen molar-refractivity contribution in [2.24, 2.45) is 0 Å². The summed E-state index contributed by atoms with van der Waals surface area (Å²) in [6, 6.07) is 14.4. The van der Waals surface area contributed by atoms with Crippen LogP contribution in [0.15, 0.2) is 71.9 Å². The zero-order valence-corrected chi connectivity index (χ0v) is 11.7. The van der Waals surface area contributed by atoms with E-state index in [1.54, 1.807) is 30.3 Å². The Morgan fingerprint density at radius 2 is 1.62 bits per heavy atom. The molecule has 6 heteroatoms. The first-order valence-corrected chi connectivity index (χ1v) is 7.66. The lowest BCUT2D eigenvalue weighted by Gasteiger charge is -2.09. The fraction of sp³-hybridized carbons (Fsp3) is 0. The third-order valence-corrected chi connectivity index (χ3v) is 4.71. The van der Waals surface area contributed by atoms with Crippen LogP contribution in [0.25, 0.3) is 11.4 Å². The normalized spacial score (nSPS) is 11.4. The number of hydrogen-bond donors (Lipinski definition) is 1. The molecule has 21 heavy (non-hydrogen) atoms. The molecular weight excluding hydrogens is 288 g/mol. The minimum Gasteiger partial charge on any atom is -0.508 e. The molecular formula is C15H12N2O3S. The van der Waals surface area contributed by atoms with Gasteiger partial charge in [-0.05, 0) is 36.4 Å². The Kier molecular flexibility index (Phi) is 3.23. The number of nitrogens with zero attached hydrogens (tertiary/aromatic N) is 2. The Labute approximate surface area is 122 Å². The first-order valence-electron chi connectivity index (χ1n) is 6.22. The van der Waals surface area contributed by atoms with Crippen molar-refractivity contribution in [3.8, 4) is 17.1 Å². The third-order valence-electron chi connectivity index (χ3n) is 3.03. The maximum atomic E-state index is 12.6. The van der Waals surface area contributed by atoms with E-state index in [9.17, 15) is 13.5 Å². The highest BCUT2D eigenvalue weighted by atomic mass is 32.2. The van der Waals surface area contributed by atoms with Gasteiger partial charge in [-0.1, -0.05) is 18.2 Å². The molecule has 2 aromatic carbocycles. The molecule has 0 saturated heterocycles. The fourth-order valence-electron chi connectivity index (χ4n) is 2.00. The minimum absolute atomic E-state index is 0.114. The summed E-state index contributed by atoms with van der Waals surface area (Å²) in [7, 11) is -3.69. The Hall–Kier alpha value is -2.60. The number of rotatable bonds is 3. The second-order valence-corrected chi connectivity index (χ2v) is 6.23. The van der Waals surface area contributed by atoms with Crippen molar-refractivity contribution in [3.05, 3.63) is 67.0 Å². The van der Waals surface area contributed by atoms with Crippen LogP contribution in [0.2, 0.25) is 0 Å². The van der Waals surface area contributed by atoms with Crippen molar-refractivity contribution in [2.45, 2.75) is 4.90 Å². The van der Waals surface area contributed by atoms with Crippen LogP contribution < -0.4 is 0 Å². The smallest absolute Gasteiger partial charge is 0.269 e. The first-order chi connectivity index (χ1) is 10.1. The monoisotopic (exact) mass is 300 g/mol. The highest BCUT2D eigenvalue weighted by Crippen LogP contribution is 2.24. The molecule has 0 aliphatic rings. The van der Waals surface area contributed by atoms with Gasteiger partial charge in [0.1, 0.15) is 5.75 Å². The van der Waals surface area contributed by atoms with E-state index < -0.39 is 10.0 Å². The van der Waals surface area contributed by atoms with Gasteiger partial charge >= 0.3 is 0 Å². The van der Waals surface area contributed by atoms with E-state index in [-0.39, 0.29) is 10.6 Å². The van der Waals surface area contributed by atoms with E-state index >= 15 is 0 Å². The number of benzene rings is 2. The number of phenols is 1. The van der Waals surface area contributed by atoms with Crippen molar-refractivity contribution < 1.29 is 13.5 Å². The van der Waals surface area contributed by atoms with Crippen molar-refractivity contribution in [1.29, 1.82) is 0 Å². The quantitative estimate of drug-likeness (QED) is 0.806. The van der Waals surface area contributed by atoms with Gasteiger partial charge in [0.05, 0.1) is 4.90 Å². The lowest BCUT2D eigenvalue weighted by atomic mass is 10.2. The maximum absolute atomic E-state index is 12.6. The summed E-state index contributed by atoms with van der Waals surface area (Å²) in [5.41, 5.74) is 0.609. The van der Waals surface area contributed by atoms with Gasteiger partial charge in [0.25, 0.3) is 10.0 Å². The molecule has 0 fully saturated rings. The van der Waals surface area contributed by atoms with Gasteiger partial charge in [0.2, 0.25) is 0 Å². The van der Waals surface area contributed by atoms with Gasteiger partial charge < -0.3 is 5.11 Å². The number of hydrogen-bond acceptors (Lipinski definition) is 4. The number of aromatic hydroxyl groups is 1. The van der Waals surface area contributed by atoms with Crippen molar-refractivity contribution in [1.82, 2.24) is 8.96 Å². The lowest BCUT2D eigenvalue weighted by Crippen LogP contribution is -2.13. The topological polar surface area (TPSA) is 72.2 Å². The van der Waals surface area contributed by atoms with E-state index in [0.717, 1.165) is 3.97 Å². The summed E-state index contributed by atoms with van der Waals surface area (Å²) in [6.07, 6.45) is 2.84. The van der Waals surface area contributed by atoms with Gasteiger partial charge in [-0.25, -0.2) is 17.4 Å². The number of aromatic nitrogens is 2. The second-order valence-electron chi connectivity index (χ2n) is 4.41. The van der Waals surface area contributed by atoms with Gasteiger partial charge in [-0.3, -0.25) is 0 Å². The van der Waals surface area contributed by atoms with Gasteiger partial charge in [0.15, 0.2) is 5.82 Å². The van der Waals surface area contributed by atoms with E-state index in [0.29, 0.717) is 11.4 Å². The zero-order valence-electron chi connectivity index (χ0n) is 10.9. The van der Waals surface area contributed by atoms with Crippen molar-refractivity contribution in [3.63, 3.8) is 0 Å². The lowest BCUT2D eigenvalue weighted by molar-refractivity contribution is 0.475. The summed E-state index contributed by atoms with van der Waals surface area (Å²) < 4.78 is 26.4. The number of imidazole rings is 1. The van der Waals surface area contributed by atoms with Crippen molar-refractivity contribution >= 4 is 10.0 Å². The van der Waals surface area contributed by atoms with Crippen LogP contribution in [0.5, 0.6) is 5.75 Å². The van der Waals surface area contributed by atoms with Crippen LogP contribution in [0, 0.1) is 0 Å². The Morgan fingerprint density at radius 3 is 2.29 bits per heavy atom. The summed E-state index contributed by atoms with van der Waals surface area (Å²) >= 11 is 0. The van der Waals surface area contributed by atoms with Gasteiger partial charge in [0, 0.05) is 18.0 Å². The summed E-state index contributed by atoms with van der Waals surface area (Å²) in [5, 5.41) is 9.32. The molecule has 0 unspecified atom stereocenters. The highest BCUT2D eigenvalue weighted by molar-refractivity contribution is 7.90. The molecule has 0 aliphatic carbocycles. The summed E-state index contributed by atoms with van der Waals surface area (Å²) in [4.78, 5) is 4.31. The summed E-state index contributed by atoms with van der Waals surface area (Å²) in [5.74, 6) is 0.418. The van der Waals surface area contributed by atoms with E-state index in [4.69, 9.17) is 0 Å². The average Bonchev–Trinajstić information content (AvgIpc) is 2.99. The molecule has 1 N–H and O–H groups in total. The fourth-order valence-corrected chi connectivity index (χ4v) is 3.33. The molecule has 0 spiro atoms. The third kappa shape index (κ3) is 2.41. The zero-order chi connectivity index (χ0) is 14.9. The van der Waals surface area contributed by atoms with Gasteiger partial charge in [-0.2, -0.15) is 0 Å². The van der Waals surface area contributed by atoms with E-state index in [2.05, 4.69) is 4.98 Å². The molecule has 5 nitrogen and oxygen atoms in total. The molecule has 3 aromatic rings. The Bertz CT molecular complexity index is 853. The molecule has 0 bridgehead atoms. The van der Waals surface area contributed by atoms with E-state index in [1.165, 1.54) is 36.7 Å². The van der Waals surface area contributed by atoms with Crippen LogP contribution in [0.3, 0.4) is 0 Å². The average molecular weight is 300 g/mol. The first kappa shape index (κ1) is 13.4. The Balaban J connectivity index is 2.13. The predicted molar refractivity (Wildman–Crippen MR) is 78.4 cm³/mol. The van der Waals surface area contributed by atoms with Crippen LogP contribution in [-0.4, -0.2) is 22.5 Å². The molecule has 3 rings (SSSR count). The molecule has 0 saturated carbocycles. The number of phenolic OH excluding ortho intramolecular Hbond substituents is 1. The molecule has 0 aliphatic heterocycles. The molecule has 0 atom stereocenters. The highest BCUT2D eigenvalue weighted by Gasteiger charge is 2.20. The molecule has 0 radical (unpaired) electrons. The standard InChI is InChI=1S/C15H12N2O3S/c18-13-8-6-12(7-9-13)15-16-10-11-17(15)21(19,20)14-4-2-1-3-5-14/h1-11,18H. The summed E-state index contributed by atoms with van der Waals surface area (Å²) in [6.45, 7) is 0. The minimum atomic E-state index is -3.69.